The first-order chi connectivity index (χ1) is 11.0. The summed E-state index contributed by atoms with van der Waals surface area (Å²) in [5.41, 5.74) is 0.985. The molecule has 1 saturated carbocycles. The van der Waals surface area contributed by atoms with Gasteiger partial charge in [-0.05, 0) is 32.1 Å². The van der Waals surface area contributed by atoms with Crippen molar-refractivity contribution in [1.82, 2.24) is 15.2 Å². The topological polar surface area (TPSA) is 54.5 Å². The molecule has 5 nitrogen and oxygen atoms in total. The quantitative estimate of drug-likeness (QED) is 0.894. The molecule has 2 atom stereocenters. The number of amides is 2. The zero-order chi connectivity index (χ0) is 16.4. The highest BCUT2D eigenvalue weighted by Crippen LogP contribution is 2.41. The van der Waals surface area contributed by atoms with Crippen LogP contribution in [0.5, 0.6) is 0 Å². The number of nitrogens with zero attached hydrogens (tertiary/aromatic N) is 2. The van der Waals surface area contributed by atoms with E-state index in [9.17, 15) is 4.79 Å². The highest BCUT2D eigenvalue weighted by Gasteiger charge is 2.30. The number of carbonyl (C=O) groups excluding carboxylic acids is 1. The van der Waals surface area contributed by atoms with Gasteiger partial charge in [0.25, 0.3) is 0 Å². The fourth-order valence-electron chi connectivity index (χ4n) is 3.02. The van der Waals surface area contributed by atoms with Crippen LogP contribution in [-0.4, -0.2) is 41.7 Å². The standard InChI is InChI=1S/C17H27N3O2S/c1-11(2)8-14-9-22-7-6-20(14)17(21)18-12(3)15-10-23-16(19-15)13-4-5-13/h10-14H,4-9H2,1-3H3,(H,18,21). The molecule has 0 bridgehead atoms. The van der Waals surface area contributed by atoms with E-state index in [-0.39, 0.29) is 18.1 Å². The summed E-state index contributed by atoms with van der Waals surface area (Å²) in [6.45, 7) is 8.31. The van der Waals surface area contributed by atoms with Crippen molar-refractivity contribution in [2.75, 3.05) is 19.8 Å². The fraction of sp³-hybridized carbons (Fsp3) is 0.765. The van der Waals surface area contributed by atoms with Crippen molar-refractivity contribution in [2.24, 2.45) is 5.92 Å². The number of nitrogens with one attached hydrogen (secondary N) is 1. The smallest absolute Gasteiger partial charge is 0.318 e. The maximum Gasteiger partial charge on any atom is 0.318 e. The maximum absolute atomic E-state index is 12.7. The van der Waals surface area contributed by atoms with E-state index in [0.717, 1.165) is 12.1 Å². The van der Waals surface area contributed by atoms with E-state index in [0.29, 0.717) is 31.6 Å². The number of carbonyl (C=O) groups is 1. The summed E-state index contributed by atoms with van der Waals surface area (Å²) < 4.78 is 5.56. The first-order valence-corrected chi connectivity index (χ1v) is 9.52. The Morgan fingerprint density at radius 3 is 2.96 bits per heavy atom. The van der Waals surface area contributed by atoms with Crippen molar-refractivity contribution >= 4 is 17.4 Å². The summed E-state index contributed by atoms with van der Waals surface area (Å²) >= 11 is 1.72. The summed E-state index contributed by atoms with van der Waals surface area (Å²) in [7, 11) is 0. The van der Waals surface area contributed by atoms with Crippen molar-refractivity contribution in [1.29, 1.82) is 0 Å². The van der Waals surface area contributed by atoms with E-state index >= 15 is 0 Å². The highest BCUT2D eigenvalue weighted by molar-refractivity contribution is 7.09. The van der Waals surface area contributed by atoms with E-state index in [1.54, 1.807) is 11.3 Å². The molecule has 6 heteroatoms. The zero-order valence-corrected chi connectivity index (χ0v) is 15.1. The lowest BCUT2D eigenvalue weighted by atomic mass is 10.0. The fourth-order valence-corrected chi connectivity index (χ4v) is 4.11. The van der Waals surface area contributed by atoms with Crippen LogP contribution in [0.2, 0.25) is 0 Å². The van der Waals surface area contributed by atoms with Gasteiger partial charge >= 0.3 is 6.03 Å². The van der Waals surface area contributed by atoms with E-state index in [4.69, 9.17) is 9.72 Å². The number of aromatic nitrogens is 1. The number of hydrogen-bond donors (Lipinski definition) is 1. The van der Waals surface area contributed by atoms with Gasteiger partial charge in [0.1, 0.15) is 0 Å². The maximum atomic E-state index is 12.7. The summed E-state index contributed by atoms with van der Waals surface area (Å²) in [6.07, 6.45) is 3.50. The van der Waals surface area contributed by atoms with Gasteiger partial charge in [-0.2, -0.15) is 0 Å². The van der Waals surface area contributed by atoms with E-state index < -0.39 is 0 Å². The van der Waals surface area contributed by atoms with Crippen LogP contribution in [0.4, 0.5) is 4.79 Å². The molecular formula is C17H27N3O2S. The number of ether oxygens (including phenoxy) is 1. The second-order valence-electron chi connectivity index (χ2n) is 7.11. The molecule has 1 aromatic heterocycles. The average molecular weight is 337 g/mol. The third-order valence-corrected chi connectivity index (χ3v) is 5.51. The van der Waals surface area contributed by atoms with Crippen LogP contribution >= 0.6 is 11.3 Å². The second kappa shape index (κ2) is 7.18. The molecule has 2 amide bonds. The first kappa shape index (κ1) is 16.7. The minimum absolute atomic E-state index is 0.00687. The Labute approximate surface area is 142 Å². The van der Waals surface area contributed by atoms with Crippen LogP contribution < -0.4 is 5.32 Å². The van der Waals surface area contributed by atoms with Crippen LogP contribution in [0.15, 0.2) is 5.38 Å². The van der Waals surface area contributed by atoms with Gasteiger partial charge in [-0.25, -0.2) is 9.78 Å². The monoisotopic (exact) mass is 337 g/mol. The predicted octanol–water partition coefficient (Wildman–Crippen LogP) is 3.54. The largest absolute Gasteiger partial charge is 0.377 e. The molecule has 1 aliphatic heterocycles. The Balaban J connectivity index is 1.59. The zero-order valence-electron chi connectivity index (χ0n) is 14.2. The van der Waals surface area contributed by atoms with Crippen LogP contribution in [0, 0.1) is 5.92 Å². The highest BCUT2D eigenvalue weighted by atomic mass is 32.1. The van der Waals surface area contributed by atoms with Crippen LogP contribution in [-0.2, 0) is 4.74 Å². The summed E-state index contributed by atoms with van der Waals surface area (Å²) in [6, 6.07) is 0.134. The molecule has 2 unspecified atom stereocenters. The van der Waals surface area contributed by atoms with Gasteiger partial charge < -0.3 is 15.0 Å². The average Bonchev–Trinajstić information content (AvgIpc) is 3.24. The van der Waals surface area contributed by atoms with Gasteiger partial charge in [-0.3, -0.25) is 0 Å². The first-order valence-electron chi connectivity index (χ1n) is 8.64. The minimum atomic E-state index is -0.0474. The molecule has 1 aromatic rings. The molecule has 23 heavy (non-hydrogen) atoms. The third-order valence-electron chi connectivity index (χ3n) is 4.48. The van der Waals surface area contributed by atoms with Crippen LogP contribution in [0.25, 0.3) is 0 Å². The molecule has 0 spiro atoms. The van der Waals surface area contributed by atoms with Crippen LogP contribution in [0.3, 0.4) is 0 Å². The lowest BCUT2D eigenvalue weighted by Crippen LogP contribution is -2.53. The van der Waals surface area contributed by atoms with Crippen molar-refractivity contribution in [2.45, 2.75) is 58.0 Å². The second-order valence-corrected chi connectivity index (χ2v) is 8.00. The molecular weight excluding hydrogens is 310 g/mol. The summed E-state index contributed by atoms with van der Waals surface area (Å²) in [4.78, 5) is 19.3. The molecule has 0 aromatic carbocycles. The van der Waals surface area contributed by atoms with Gasteiger partial charge in [-0.15, -0.1) is 11.3 Å². The Kier molecular flexibility index (Phi) is 5.21. The SMILES string of the molecule is CC(C)CC1COCCN1C(=O)NC(C)c1csc(C2CC2)n1. The van der Waals surface area contributed by atoms with Gasteiger partial charge in [0.05, 0.1) is 36.0 Å². The lowest BCUT2D eigenvalue weighted by Gasteiger charge is -2.37. The number of rotatable bonds is 5. The van der Waals surface area contributed by atoms with Crippen molar-refractivity contribution in [3.8, 4) is 0 Å². The Morgan fingerprint density at radius 1 is 1.48 bits per heavy atom. The Hall–Kier alpha value is -1.14. The molecule has 1 N–H and O–H groups in total. The summed E-state index contributed by atoms with van der Waals surface area (Å²) in [5.74, 6) is 1.22. The van der Waals surface area contributed by atoms with Crippen molar-refractivity contribution < 1.29 is 9.53 Å². The lowest BCUT2D eigenvalue weighted by molar-refractivity contribution is 0.00507. The van der Waals surface area contributed by atoms with Gasteiger partial charge in [0.15, 0.2) is 0 Å². The number of urea groups is 1. The predicted molar refractivity (Wildman–Crippen MR) is 91.8 cm³/mol. The van der Waals surface area contributed by atoms with E-state index in [1.165, 1.54) is 17.8 Å². The molecule has 2 heterocycles. The molecule has 1 saturated heterocycles. The molecule has 128 valence electrons. The number of hydrogen-bond acceptors (Lipinski definition) is 4. The Bertz CT molecular complexity index is 542. The number of morpholine rings is 1. The molecule has 2 aliphatic rings. The molecule has 0 radical (unpaired) electrons. The van der Waals surface area contributed by atoms with Gasteiger partial charge in [0, 0.05) is 17.8 Å². The summed E-state index contributed by atoms with van der Waals surface area (Å²) in [5, 5.41) is 6.43. The molecule has 2 fully saturated rings. The number of thiazole rings is 1. The van der Waals surface area contributed by atoms with Gasteiger partial charge in [-0.1, -0.05) is 13.8 Å². The molecule has 3 rings (SSSR count). The van der Waals surface area contributed by atoms with Crippen LogP contribution in [0.1, 0.15) is 62.7 Å². The molecule has 1 aliphatic carbocycles. The van der Waals surface area contributed by atoms with Crippen molar-refractivity contribution in [3.05, 3.63) is 16.1 Å². The third kappa shape index (κ3) is 4.23. The minimum Gasteiger partial charge on any atom is -0.377 e. The normalized spacial score (nSPS) is 23.1. The van der Waals surface area contributed by atoms with E-state index in [1.807, 2.05) is 11.8 Å². The van der Waals surface area contributed by atoms with Crippen molar-refractivity contribution in [3.63, 3.8) is 0 Å². The van der Waals surface area contributed by atoms with Gasteiger partial charge in [0.2, 0.25) is 0 Å². The Morgan fingerprint density at radius 2 is 2.26 bits per heavy atom. The van der Waals surface area contributed by atoms with E-state index in [2.05, 4.69) is 24.5 Å².